The highest BCUT2D eigenvalue weighted by atomic mass is 32.1. The molecule has 0 saturated carbocycles. The molecule has 0 aliphatic heterocycles. The number of aromatic hydroxyl groups is 1. The van der Waals surface area contributed by atoms with Gasteiger partial charge in [-0.15, -0.1) is 11.3 Å². The van der Waals surface area contributed by atoms with Crippen LogP contribution in [-0.2, 0) is 5.54 Å². The number of nitrogens with zero attached hydrogens (tertiary/aromatic N) is 5. The van der Waals surface area contributed by atoms with Gasteiger partial charge in [0.05, 0.1) is 22.3 Å². The third-order valence-corrected chi connectivity index (χ3v) is 10.2. The molecule has 0 spiro atoms. The van der Waals surface area contributed by atoms with E-state index in [2.05, 4.69) is 78.9 Å². The topological polar surface area (TPSA) is 76.7 Å². The lowest BCUT2D eigenvalue weighted by Gasteiger charge is -2.25. The van der Waals surface area contributed by atoms with Crippen molar-refractivity contribution in [3.8, 4) is 50.9 Å². The number of aromatic nitrogens is 5. The Morgan fingerprint density at radius 2 is 1.41 bits per heavy atom. The summed E-state index contributed by atoms with van der Waals surface area (Å²) in [5.74, 6) is 1.58. The lowest BCUT2D eigenvalue weighted by molar-refractivity contribution is 0.412. The first-order valence-electron chi connectivity index (χ1n) is 16.3. The summed E-state index contributed by atoms with van der Waals surface area (Å²) in [6.45, 7) is 6.55. The standard InChI is InChI=1S/C42H31N5OS/c1-42(2,3)47-33-21-12-19-28(26-15-11-16-27(23-26)32-20-9-10-22-43-32)36(33)45-40(47)35-34-31-24-44-39(25-13-5-4-6-14-25)46-41(31)49-38(34)30-18-8-7-17-29(30)37(35)48/h4-24,48H,1-3H3. The van der Waals surface area contributed by atoms with Gasteiger partial charge in [-0.1, -0.05) is 91.0 Å². The van der Waals surface area contributed by atoms with Crippen molar-refractivity contribution in [3.05, 3.63) is 128 Å². The minimum absolute atomic E-state index is 0.203. The number of phenols is 1. The first kappa shape index (κ1) is 29.2. The molecule has 7 heteroatoms. The van der Waals surface area contributed by atoms with Crippen LogP contribution in [0.25, 0.3) is 87.3 Å². The van der Waals surface area contributed by atoms with Crippen LogP contribution in [-0.4, -0.2) is 29.6 Å². The predicted molar refractivity (Wildman–Crippen MR) is 202 cm³/mol. The van der Waals surface area contributed by atoms with Crippen molar-refractivity contribution in [2.75, 3.05) is 0 Å². The normalized spacial score (nSPS) is 12.1. The number of phenolic OH excluding ortho intramolecular Hbond substituents is 1. The number of imidazole rings is 1. The van der Waals surface area contributed by atoms with Crippen molar-refractivity contribution in [1.29, 1.82) is 0 Å². The van der Waals surface area contributed by atoms with Gasteiger partial charge in [0, 0.05) is 60.9 Å². The van der Waals surface area contributed by atoms with Crippen molar-refractivity contribution in [3.63, 3.8) is 0 Å². The third-order valence-electron chi connectivity index (χ3n) is 9.11. The van der Waals surface area contributed by atoms with E-state index in [1.54, 1.807) is 11.3 Å². The van der Waals surface area contributed by atoms with Gasteiger partial charge < -0.3 is 9.67 Å². The number of thiophene rings is 1. The van der Waals surface area contributed by atoms with Gasteiger partial charge in [0.25, 0.3) is 0 Å². The molecule has 0 atom stereocenters. The van der Waals surface area contributed by atoms with Gasteiger partial charge in [0.1, 0.15) is 16.4 Å². The molecule has 4 heterocycles. The lowest BCUT2D eigenvalue weighted by Crippen LogP contribution is -2.22. The Kier molecular flexibility index (Phi) is 6.61. The molecule has 0 radical (unpaired) electrons. The molecule has 0 unspecified atom stereocenters. The average molecular weight is 654 g/mol. The van der Waals surface area contributed by atoms with Gasteiger partial charge >= 0.3 is 0 Å². The number of rotatable bonds is 4. The van der Waals surface area contributed by atoms with E-state index in [0.29, 0.717) is 17.2 Å². The lowest BCUT2D eigenvalue weighted by atomic mass is 9.98. The molecule has 1 N–H and O–H groups in total. The van der Waals surface area contributed by atoms with E-state index in [4.69, 9.17) is 15.0 Å². The maximum Gasteiger partial charge on any atom is 0.160 e. The van der Waals surface area contributed by atoms with Crippen LogP contribution in [0, 0.1) is 0 Å². The fourth-order valence-corrected chi connectivity index (χ4v) is 8.16. The summed E-state index contributed by atoms with van der Waals surface area (Å²) in [4.78, 5) is 20.8. The SMILES string of the molecule is CC(C)(C)n1c(-c2c(O)c3ccccc3c3sc4nc(-c5ccccc5)ncc4c23)nc2c(-c3cccc(-c4ccccn4)c3)cccc21. The monoisotopic (exact) mass is 653 g/mol. The largest absolute Gasteiger partial charge is 0.507 e. The zero-order valence-corrected chi connectivity index (χ0v) is 28.0. The summed E-state index contributed by atoms with van der Waals surface area (Å²) in [6, 6.07) is 38.8. The highest BCUT2D eigenvalue weighted by Crippen LogP contribution is 2.50. The van der Waals surface area contributed by atoms with Gasteiger partial charge in [-0.3, -0.25) is 4.98 Å². The zero-order valence-electron chi connectivity index (χ0n) is 27.2. The summed E-state index contributed by atoms with van der Waals surface area (Å²) < 4.78 is 3.31. The number of para-hydroxylation sites is 1. The molecular formula is C42H31N5OS. The van der Waals surface area contributed by atoms with Crippen LogP contribution in [0.5, 0.6) is 5.75 Å². The second kappa shape index (κ2) is 11.1. The van der Waals surface area contributed by atoms with Gasteiger partial charge in [-0.2, -0.15) is 0 Å². The Morgan fingerprint density at radius 1 is 0.673 bits per heavy atom. The molecule has 9 rings (SSSR count). The minimum atomic E-state index is -0.369. The van der Waals surface area contributed by atoms with Crippen LogP contribution < -0.4 is 0 Å². The first-order valence-corrected chi connectivity index (χ1v) is 17.1. The quantitative estimate of drug-likeness (QED) is 0.205. The van der Waals surface area contributed by atoms with E-state index in [0.717, 1.165) is 70.1 Å². The van der Waals surface area contributed by atoms with E-state index >= 15 is 0 Å². The smallest absolute Gasteiger partial charge is 0.160 e. The van der Waals surface area contributed by atoms with Crippen LogP contribution in [0.3, 0.4) is 0 Å². The molecule has 6 nitrogen and oxygen atoms in total. The molecule has 0 fully saturated rings. The van der Waals surface area contributed by atoms with E-state index in [-0.39, 0.29) is 11.3 Å². The minimum Gasteiger partial charge on any atom is -0.507 e. The Labute approximate surface area is 287 Å². The molecule has 5 aromatic carbocycles. The van der Waals surface area contributed by atoms with Crippen LogP contribution >= 0.6 is 11.3 Å². The number of fused-ring (bicyclic) bond motifs is 6. The number of benzene rings is 5. The maximum absolute atomic E-state index is 12.3. The summed E-state index contributed by atoms with van der Waals surface area (Å²) in [6.07, 6.45) is 3.72. The first-order chi connectivity index (χ1) is 23.9. The van der Waals surface area contributed by atoms with E-state index in [1.807, 2.05) is 79.1 Å². The fraction of sp³-hybridized carbons (Fsp3) is 0.0952. The Bertz CT molecular complexity index is 2710. The van der Waals surface area contributed by atoms with Crippen LogP contribution in [0.15, 0.2) is 128 Å². The van der Waals surface area contributed by atoms with Gasteiger partial charge in [-0.05, 0) is 50.6 Å². The second-order valence-corrected chi connectivity index (χ2v) is 14.3. The maximum atomic E-state index is 12.3. The Balaban J connectivity index is 1.36. The van der Waals surface area contributed by atoms with Crippen LogP contribution in [0.1, 0.15) is 20.8 Å². The van der Waals surface area contributed by atoms with Gasteiger partial charge in [-0.25, -0.2) is 15.0 Å². The third kappa shape index (κ3) is 4.69. The Hall–Kier alpha value is -5.92. The van der Waals surface area contributed by atoms with Crippen molar-refractivity contribution in [1.82, 2.24) is 24.5 Å². The van der Waals surface area contributed by atoms with E-state index in [9.17, 15) is 5.11 Å². The van der Waals surface area contributed by atoms with Crippen molar-refractivity contribution in [2.24, 2.45) is 0 Å². The van der Waals surface area contributed by atoms with Gasteiger partial charge in [0.2, 0.25) is 0 Å². The molecule has 0 bridgehead atoms. The summed E-state index contributed by atoms with van der Waals surface area (Å²) in [5.41, 5.74) is 7.17. The number of hydrogen-bond acceptors (Lipinski definition) is 6. The number of hydrogen-bond donors (Lipinski definition) is 1. The number of pyridine rings is 1. The van der Waals surface area contributed by atoms with Crippen LogP contribution in [0.2, 0.25) is 0 Å². The zero-order chi connectivity index (χ0) is 33.3. The molecule has 9 aromatic rings. The van der Waals surface area contributed by atoms with Crippen LogP contribution in [0.4, 0.5) is 0 Å². The molecule has 49 heavy (non-hydrogen) atoms. The van der Waals surface area contributed by atoms with Crippen molar-refractivity contribution >= 4 is 53.4 Å². The average Bonchev–Trinajstić information content (AvgIpc) is 3.72. The van der Waals surface area contributed by atoms with Gasteiger partial charge in [0.15, 0.2) is 5.82 Å². The fourth-order valence-electron chi connectivity index (χ4n) is 6.97. The van der Waals surface area contributed by atoms with E-state index in [1.165, 1.54) is 0 Å². The molecular weight excluding hydrogens is 623 g/mol. The molecule has 0 aliphatic carbocycles. The molecule has 4 aromatic heterocycles. The Morgan fingerprint density at radius 3 is 2.20 bits per heavy atom. The van der Waals surface area contributed by atoms with Crippen molar-refractivity contribution < 1.29 is 5.11 Å². The van der Waals surface area contributed by atoms with Crippen molar-refractivity contribution in [2.45, 2.75) is 26.3 Å². The highest BCUT2D eigenvalue weighted by Gasteiger charge is 2.29. The second-order valence-electron chi connectivity index (χ2n) is 13.3. The summed E-state index contributed by atoms with van der Waals surface area (Å²) in [7, 11) is 0. The molecule has 236 valence electrons. The molecule has 0 aliphatic rings. The summed E-state index contributed by atoms with van der Waals surface area (Å²) >= 11 is 1.63. The molecule has 0 saturated heterocycles. The predicted octanol–water partition coefficient (Wildman–Crippen LogP) is 10.9. The summed E-state index contributed by atoms with van der Waals surface area (Å²) in [5, 5.41) is 15.8. The highest BCUT2D eigenvalue weighted by molar-refractivity contribution is 7.26. The molecule has 0 amide bonds. The van der Waals surface area contributed by atoms with E-state index < -0.39 is 0 Å².